The first kappa shape index (κ1) is 12.9. The summed E-state index contributed by atoms with van der Waals surface area (Å²) in [5, 5.41) is 16.6. The van der Waals surface area contributed by atoms with Gasteiger partial charge >= 0.3 is 0 Å². The Hall–Kier alpha value is -2.14. The summed E-state index contributed by atoms with van der Waals surface area (Å²) in [4.78, 5) is 12.6. The summed E-state index contributed by atoms with van der Waals surface area (Å²) in [6.45, 7) is 3.64. The van der Waals surface area contributed by atoms with E-state index in [1.807, 2.05) is 26.1 Å². The Kier molecular flexibility index (Phi) is 2.69. The van der Waals surface area contributed by atoms with Gasteiger partial charge in [0.2, 0.25) is 0 Å². The fourth-order valence-corrected chi connectivity index (χ4v) is 2.90. The van der Waals surface area contributed by atoms with Crippen LogP contribution in [0.4, 0.5) is 0 Å². The summed E-state index contributed by atoms with van der Waals surface area (Å²) in [5.74, 6) is 0. The number of aliphatic hydroxyl groups is 1. The normalized spacial score (nSPS) is 13.2. The lowest BCUT2D eigenvalue weighted by Gasteiger charge is -2.13. The molecule has 5 nitrogen and oxygen atoms in total. The lowest BCUT2D eigenvalue weighted by molar-refractivity contribution is 0.201. The van der Waals surface area contributed by atoms with Crippen molar-refractivity contribution in [2.75, 3.05) is 0 Å². The average molecular weight is 271 g/mol. The molecule has 3 rings (SSSR count). The molecule has 0 aliphatic rings. The van der Waals surface area contributed by atoms with Gasteiger partial charge in [0.25, 0.3) is 5.56 Å². The number of aromatic nitrogens is 3. The molecule has 1 N–H and O–H groups in total. The molecule has 2 heterocycles. The molecule has 1 atom stereocenters. The van der Waals surface area contributed by atoms with Gasteiger partial charge in [-0.05, 0) is 31.0 Å². The van der Waals surface area contributed by atoms with Gasteiger partial charge in [-0.15, -0.1) is 0 Å². The zero-order valence-electron chi connectivity index (χ0n) is 12.0. The molecule has 0 fully saturated rings. The number of pyridine rings is 1. The van der Waals surface area contributed by atoms with Crippen molar-refractivity contribution in [2.45, 2.75) is 20.0 Å². The van der Waals surface area contributed by atoms with E-state index in [0.717, 1.165) is 27.5 Å². The zero-order valence-corrected chi connectivity index (χ0v) is 12.0. The monoisotopic (exact) mass is 271 g/mol. The van der Waals surface area contributed by atoms with Gasteiger partial charge in [0, 0.05) is 30.3 Å². The number of aryl methyl sites for hydroxylation is 3. The van der Waals surface area contributed by atoms with Crippen molar-refractivity contribution in [1.82, 2.24) is 14.3 Å². The molecular formula is C15H17N3O2. The molecule has 0 radical (unpaired) electrons. The van der Waals surface area contributed by atoms with Crippen LogP contribution in [-0.4, -0.2) is 19.5 Å². The highest BCUT2D eigenvalue weighted by atomic mass is 16.3. The standard InChI is InChI=1S/C15H17N3O2/c1-8-5-10(9(2)19)13-11(6-8)15(20)17(3)14-12(13)7-16-18(14)4/h5-7,9,19H,1-4H3. The second-order valence-electron chi connectivity index (χ2n) is 5.32. The van der Waals surface area contributed by atoms with Crippen molar-refractivity contribution < 1.29 is 5.11 Å². The molecule has 1 unspecified atom stereocenters. The van der Waals surface area contributed by atoms with Crippen LogP contribution in [-0.2, 0) is 14.1 Å². The summed E-state index contributed by atoms with van der Waals surface area (Å²) in [6.07, 6.45) is 1.12. The number of hydrogen-bond acceptors (Lipinski definition) is 3. The van der Waals surface area contributed by atoms with Crippen LogP contribution in [0.5, 0.6) is 0 Å². The fraction of sp³-hybridized carbons (Fsp3) is 0.333. The van der Waals surface area contributed by atoms with Gasteiger partial charge in [-0.3, -0.25) is 14.0 Å². The minimum Gasteiger partial charge on any atom is -0.389 e. The first-order chi connectivity index (χ1) is 9.41. The van der Waals surface area contributed by atoms with Crippen LogP contribution in [0.3, 0.4) is 0 Å². The van der Waals surface area contributed by atoms with Crippen molar-refractivity contribution >= 4 is 21.8 Å². The molecule has 104 valence electrons. The van der Waals surface area contributed by atoms with E-state index in [9.17, 15) is 9.90 Å². The Labute approximate surface area is 116 Å². The van der Waals surface area contributed by atoms with Crippen molar-refractivity contribution in [3.05, 3.63) is 39.8 Å². The number of hydrogen-bond donors (Lipinski definition) is 1. The summed E-state index contributed by atoms with van der Waals surface area (Å²) in [6, 6.07) is 3.80. The molecule has 20 heavy (non-hydrogen) atoms. The third-order valence-electron chi connectivity index (χ3n) is 3.79. The fourth-order valence-electron chi connectivity index (χ4n) is 2.90. The topological polar surface area (TPSA) is 60.0 Å². The molecule has 3 aromatic rings. The molecule has 5 heteroatoms. The van der Waals surface area contributed by atoms with E-state index in [2.05, 4.69) is 5.10 Å². The highest BCUT2D eigenvalue weighted by Crippen LogP contribution is 2.30. The Bertz CT molecular complexity index is 888. The smallest absolute Gasteiger partial charge is 0.259 e. The molecular weight excluding hydrogens is 254 g/mol. The van der Waals surface area contributed by atoms with Gasteiger partial charge < -0.3 is 5.11 Å². The number of nitrogens with zero attached hydrogens (tertiary/aromatic N) is 3. The van der Waals surface area contributed by atoms with Crippen LogP contribution in [0.25, 0.3) is 21.8 Å². The third-order valence-corrected chi connectivity index (χ3v) is 3.79. The predicted molar refractivity (Wildman–Crippen MR) is 78.8 cm³/mol. The van der Waals surface area contributed by atoms with E-state index in [1.54, 1.807) is 29.4 Å². The average Bonchev–Trinajstić information content (AvgIpc) is 2.77. The van der Waals surface area contributed by atoms with Crippen LogP contribution < -0.4 is 5.56 Å². The van der Waals surface area contributed by atoms with E-state index < -0.39 is 6.10 Å². The third kappa shape index (κ3) is 1.59. The highest BCUT2D eigenvalue weighted by molar-refractivity contribution is 6.06. The van der Waals surface area contributed by atoms with Gasteiger partial charge in [-0.2, -0.15) is 5.10 Å². The maximum absolute atomic E-state index is 12.6. The zero-order chi connectivity index (χ0) is 14.6. The van der Waals surface area contributed by atoms with Gasteiger partial charge in [0.05, 0.1) is 12.3 Å². The molecule has 0 saturated carbocycles. The predicted octanol–water partition coefficient (Wildman–Crippen LogP) is 1.79. The molecule has 0 aliphatic carbocycles. The Morgan fingerprint density at radius 2 is 1.95 bits per heavy atom. The van der Waals surface area contributed by atoms with E-state index in [0.29, 0.717) is 5.39 Å². The molecule has 0 saturated heterocycles. The van der Waals surface area contributed by atoms with E-state index in [4.69, 9.17) is 0 Å². The summed E-state index contributed by atoms with van der Waals surface area (Å²) in [5.41, 5.74) is 2.43. The molecule has 0 bridgehead atoms. The maximum Gasteiger partial charge on any atom is 0.259 e. The van der Waals surface area contributed by atoms with Crippen molar-refractivity contribution in [2.24, 2.45) is 14.1 Å². The second kappa shape index (κ2) is 4.18. The van der Waals surface area contributed by atoms with Crippen molar-refractivity contribution in [1.29, 1.82) is 0 Å². The first-order valence-corrected chi connectivity index (χ1v) is 6.55. The summed E-state index contributed by atoms with van der Waals surface area (Å²) < 4.78 is 3.29. The molecule has 0 aliphatic heterocycles. The van der Waals surface area contributed by atoms with E-state index in [1.165, 1.54) is 0 Å². The number of benzene rings is 1. The van der Waals surface area contributed by atoms with E-state index in [-0.39, 0.29) is 5.56 Å². The maximum atomic E-state index is 12.6. The van der Waals surface area contributed by atoms with Gasteiger partial charge in [-0.25, -0.2) is 0 Å². The molecule has 1 aromatic carbocycles. The largest absolute Gasteiger partial charge is 0.389 e. The van der Waals surface area contributed by atoms with Crippen LogP contribution >= 0.6 is 0 Å². The van der Waals surface area contributed by atoms with Gasteiger partial charge in [0.15, 0.2) is 0 Å². The minimum absolute atomic E-state index is 0.0679. The number of rotatable bonds is 1. The molecule has 0 amide bonds. The SMILES string of the molecule is Cc1cc(C(C)O)c2c(c1)c(=O)n(C)c1c2cnn1C. The Morgan fingerprint density at radius 3 is 2.60 bits per heavy atom. The number of aliphatic hydroxyl groups excluding tert-OH is 1. The number of fused-ring (bicyclic) bond motifs is 3. The Morgan fingerprint density at radius 1 is 1.25 bits per heavy atom. The van der Waals surface area contributed by atoms with Crippen molar-refractivity contribution in [3.8, 4) is 0 Å². The minimum atomic E-state index is -0.632. The lowest BCUT2D eigenvalue weighted by Crippen LogP contribution is -2.19. The van der Waals surface area contributed by atoms with Crippen LogP contribution in [0.15, 0.2) is 23.1 Å². The first-order valence-electron chi connectivity index (χ1n) is 6.55. The van der Waals surface area contributed by atoms with Gasteiger partial charge in [-0.1, -0.05) is 6.07 Å². The van der Waals surface area contributed by atoms with Gasteiger partial charge in [0.1, 0.15) is 5.65 Å². The van der Waals surface area contributed by atoms with Crippen LogP contribution in [0, 0.1) is 6.92 Å². The van der Waals surface area contributed by atoms with E-state index >= 15 is 0 Å². The van der Waals surface area contributed by atoms with Crippen LogP contribution in [0.2, 0.25) is 0 Å². The summed E-state index contributed by atoms with van der Waals surface area (Å²) in [7, 11) is 3.56. The molecule has 2 aromatic heterocycles. The van der Waals surface area contributed by atoms with Crippen LogP contribution in [0.1, 0.15) is 24.2 Å². The second-order valence-corrected chi connectivity index (χ2v) is 5.32. The molecule has 0 spiro atoms. The Balaban J connectivity index is 2.70. The quantitative estimate of drug-likeness (QED) is 0.734. The van der Waals surface area contributed by atoms with Crippen molar-refractivity contribution in [3.63, 3.8) is 0 Å². The highest BCUT2D eigenvalue weighted by Gasteiger charge is 2.17. The summed E-state index contributed by atoms with van der Waals surface area (Å²) >= 11 is 0. The lowest BCUT2D eigenvalue weighted by atomic mass is 9.97.